The molecule has 0 saturated heterocycles. The van der Waals surface area contributed by atoms with Gasteiger partial charge < -0.3 is 0 Å². The Morgan fingerprint density at radius 2 is 0.745 bits per heavy atom. The van der Waals surface area contributed by atoms with E-state index in [0.717, 1.165) is 26.9 Å². The molecule has 0 heterocycles. The van der Waals surface area contributed by atoms with E-state index < -0.39 is 4.75 Å². The molecule has 0 aliphatic rings. The SMILES string of the molecule is SC(c1ccccc1)(c1ccccc1)c1ccccc1.SCCc1ccccc1.Sc1ccc(Sc2ccc(S)cc2)cc1.Sc1ccc2ccccc2c1. The maximum Gasteiger partial charge on any atom is 0.0878 e. The van der Waals surface area contributed by atoms with Gasteiger partial charge in [0, 0.05) is 24.5 Å². The van der Waals surface area contributed by atoms with Gasteiger partial charge in [-0.25, -0.2) is 0 Å². The summed E-state index contributed by atoms with van der Waals surface area (Å²) in [6.07, 6.45) is 1.07. The maximum atomic E-state index is 5.09. The van der Waals surface area contributed by atoms with Crippen LogP contribution in [0, 0.1) is 0 Å². The predicted molar refractivity (Wildman–Crippen MR) is 255 cm³/mol. The molecule has 0 saturated carbocycles. The first kappa shape index (κ1) is 42.3. The Bertz CT molecular complexity index is 2120. The third-order valence-corrected chi connectivity index (χ3v) is 11.3. The second-order valence-electron chi connectivity index (χ2n) is 12.4. The lowest BCUT2D eigenvalue weighted by atomic mass is 9.84. The third-order valence-electron chi connectivity index (χ3n) is 8.46. The first-order valence-electron chi connectivity index (χ1n) is 17.8. The highest BCUT2D eigenvalue weighted by Gasteiger charge is 2.31. The van der Waals surface area contributed by atoms with Gasteiger partial charge in [-0.15, -0.1) is 37.9 Å². The highest BCUT2D eigenvalue weighted by Crippen LogP contribution is 2.42. The van der Waals surface area contributed by atoms with Crippen LogP contribution in [0.15, 0.2) is 237 Å². The Kier molecular flexibility index (Phi) is 17.4. The number of rotatable bonds is 7. The monoisotopic (exact) mass is 824 g/mol. The number of hydrogen-bond donors (Lipinski definition) is 5. The van der Waals surface area contributed by atoms with Crippen LogP contribution in [0.25, 0.3) is 10.8 Å². The molecule has 0 nitrogen and oxygen atoms in total. The Labute approximate surface area is 358 Å². The summed E-state index contributed by atoms with van der Waals surface area (Å²) >= 11 is 23.7. The average molecular weight is 825 g/mol. The minimum absolute atomic E-state index is 0.427. The summed E-state index contributed by atoms with van der Waals surface area (Å²) in [6, 6.07) is 72.4. The Morgan fingerprint density at radius 3 is 1.16 bits per heavy atom. The highest BCUT2D eigenvalue weighted by molar-refractivity contribution is 7.99. The van der Waals surface area contributed by atoms with E-state index in [4.69, 9.17) is 12.6 Å². The van der Waals surface area contributed by atoms with E-state index in [9.17, 15) is 0 Å². The van der Waals surface area contributed by atoms with Crippen molar-refractivity contribution in [2.24, 2.45) is 0 Å². The van der Waals surface area contributed by atoms with Gasteiger partial charge in [-0.2, -0.15) is 25.3 Å². The van der Waals surface area contributed by atoms with E-state index in [1.165, 1.54) is 42.8 Å². The zero-order chi connectivity index (χ0) is 38.7. The fourth-order valence-electron chi connectivity index (χ4n) is 5.65. The van der Waals surface area contributed by atoms with Gasteiger partial charge in [-0.3, -0.25) is 0 Å². The van der Waals surface area contributed by atoms with E-state index in [0.29, 0.717) is 0 Å². The van der Waals surface area contributed by atoms with Crippen LogP contribution in [-0.2, 0) is 11.2 Å². The smallest absolute Gasteiger partial charge is 0.0878 e. The molecule has 6 heteroatoms. The third kappa shape index (κ3) is 13.4. The van der Waals surface area contributed by atoms with Crippen molar-refractivity contribution >= 4 is 85.7 Å². The summed E-state index contributed by atoms with van der Waals surface area (Å²) < 4.78 is -0.427. The zero-order valence-corrected chi connectivity index (χ0v) is 35.6. The van der Waals surface area contributed by atoms with Crippen LogP contribution >= 0.6 is 74.9 Å². The van der Waals surface area contributed by atoms with Gasteiger partial charge in [-0.1, -0.05) is 163 Å². The number of benzene rings is 8. The van der Waals surface area contributed by atoms with Crippen LogP contribution in [0.4, 0.5) is 0 Å². The summed E-state index contributed by atoms with van der Waals surface area (Å²) in [7, 11) is 0. The van der Waals surface area contributed by atoms with E-state index in [1.54, 1.807) is 11.8 Å². The van der Waals surface area contributed by atoms with Crippen molar-refractivity contribution in [1.82, 2.24) is 0 Å². The van der Waals surface area contributed by atoms with E-state index in [-0.39, 0.29) is 0 Å². The molecule has 0 amide bonds. The minimum atomic E-state index is -0.427. The molecule has 0 aliphatic heterocycles. The zero-order valence-electron chi connectivity index (χ0n) is 30.3. The van der Waals surface area contributed by atoms with Crippen LogP contribution in [0.5, 0.6) is 0 Å². The number of aryl methyl sites for hydroxylation is 1. The molecule has 0 unspecified atom stereocenters. The minimum Gasteiger partial charge on any atom is -0.179 e. The second kappa shape index (κ2) is 22.6. The summed E-state index contributed by atoms with van der Waals surface area (Å²) in [4.78, 5) is 5.44. The van der Waals surface area contributed by atoms with Crippen molar-refractivity contribution in [3.8, 4) is 0 Å². The van der Waals surface area contributed by atoms with Gasteiger partial charge in [0.25, 0.3) is 0 Å². The lowest BCUT2D eigenvalue weighted by Crippen LogP contribution is -2.22. The van der Waals surface area contributed by atoms with Crippen molar-refractivity contribution in [1.29, 1.82) is 0 Å². The summed E-state index contributed by atoms with van der Waals surface area (Å²) in [5.41, 5.74) is 4.91. The molecule has 0 N–H and O–H groups in total. The van der Waals surface area contributed by atoms with Crippen LogP contribution in [0.1, 0.15) is 22.3 Å². The predicted octanol–water partition coefficient (Wildman–Crippen LogP) is 14.6. The van der Waals surface area contributed by atoms with Crippen LogP contribution in [0.3, 0.4) is 0 Å². The molecule has 8 aromatic rings. The van der Waals surface area contributed by atoms with Crippen LogP contribution in [0.2, 0.25) is 0 Å². The van der Waals surface area contributed by atoms with Gasteiger partial charge in [0.2, 0.25) is 0 Å². The largest absolute Gasteiger partial charge is 0.179 e. The fourth-order valence-corrected chi connectivity index (χ4v) is 7.69. The van der Waals surface area contributed by atoms with Crippen molar-refractivity contribution < 1.29 is 0 Å². The van der Waals surface area contributed by atoms with Crippen molar-refractivity contribution in [3.63, 3.8) is 0 Å². The van der Waals surface area contributed by atoms with Crippen molar-refractivity contribution in [2.45, 2.75) is 35.6 Å². The molecular weight excluding hydrogens is 781 g/mol. The molecule has 0 atom stereocenters. The molecular formula is C49H44S6. The number of thiol groups is 5. The Hall–Kier alpha value is -3.88. The molecule has 55 heavy (non-hydrogen) atoms. The molecule has 0 radical (unpaired) electrons. The molecule has 8 rings (SSSR count). The highest BCUT2D eigenvalue weighted by atomic mass is 32.2. The van der Waals surface area contributed by atoms with Gasteiger partial charge in [0.05, 0.1) is 4.75 Å². The van der Waals surface area contributed by atoms with E-state index in [2.05, 4.69) is 196 Å². The first-order valence-corrected chi connectivity index (χ1v) is 21.1. The summed E-state index contributed by atoms with van der Waals surface area (Å²) in [5, 5.41) is 2.52. The molecule has 0 aromatic heterocycles. The number of hydrogen-bond acceptors (Lipinski definition) is 6. The molecule has 8 aromatic carbocycles. The lowest BCUT2D eigenvalue weighted by Gasteiger charge is -2.30. The van der Waals surface area contributed by atoms with Gasteiger partial charge in [0.1, 0.15) is 0 Å². The Balaban J connectivity index is 0.000000147. The van der Waals surface area contributed by atoms with E-state index >= 15 is 0 Å². The summed E-state index contributed by atoms with van der Waals surface area (Å²) in [5.74, 6) is 0.935. The molecule has 276 valence electrons. The molecule has 0 fully saturated rings. The molecule has 0 spiro atoms. The van der Waals surface area contributed by atoms with Crippen LogP contribution < -0.4 is 0 Å². The lowest BCUT2D eigenvalue weighted by molar-refractivity contribution is 0.905. The van der Waals surface area contributed by atoms with Gasteiger partial charge >= 0.3 is 0 Å². The average Bonchev–Trinajstić information content (AvgIpc) is 3.24. The maximum absolute atomic E-state index is 5.09. The van der Waals surface area contributed by atoms with Crippen LogP contribution in [-0.4, -0.2) is 5.75 Å². The second-order valence-corrected chi connectivity index (χ2v) is 16.2. The Morgan fingerprint density at radius 1 is 0.382 bits per heavy atom. The van der Waals surface area contributed by atoms with Gasteiger partial charge in [0.15, 0.2) is 0 Å². The quantitative estimate of drug-likeness (QED) is 0.0788. The van der Waals surface area contributed by atoms with Crippen molar-refractivity contribution in [3.05, 3.63) is 235 Å². The topological polar surface area (TPSA) is 0 Å². The van der Waals surface area contributed by atoms with Crippen molar-refractivity contribution in [2.75, 3.05) is 5.75 Å². The molecule has 0 bridgehead atoms. The normalized spacial score (nSPS) is 10.5. The first-order chi connectivity index (χ1) is 26.8. The standard InChI is InChI=1S/C19H16S.C12H10S3.C10H8S.C8H10S/c20-19(16-10-4-1-5-11-16,17-12-6-2-7-13-17)18-14-8-3-9-15-18;13-9-1-5-11(6-2-9)15-12-7-3-10(14)4-8-12;11-10-6-5-8-3-1-2-4-9(8)7-10;9-7-6-8-4-2-1-3-5-8/h1-15,20H;1-8,13-14H;1-7,11H;1-5,9H,6-7H2. The fraction of sp³-hybridized carbons (Fsp3) is 0.0612. The number of fused-ring (bicyclic) bond motifs is 1. The van der Waals surface area contributed by atoms with Gasteiger partial charge in [-0.05, 0) is 106 Å². The molecule has 0 aliphatic carbocycles. The van der Waals surface area contributed by atoms with E-state index in [1.807, 2.05) is 66.7 Å². The summed E-state index contributed by atoms with van der Waals surface area (Å²) in [6.45, 7) is 0.